The Balaban J connectivity index is 1.94. The fraction of sp³-hybridized carbons (Fsp3) is 0.684. The fourth-order valence-corrected chi connectivity index (χ4v) is 4.00. The summed E-state index contributed by atoms with van der Waals surface area (Å²) >= 11 is 0. The second-order valence-electron chi connectivity index (χ2n) is 7.58. The molecule has 2 N–H and O–H groups in total. The minimum Gasteiger partial charge on any atom is -0.508 e. The zero-order chi connectivity index (χ0) is 15.9. The summed E-state index contributed by atoms with van der Waals surface area (Å²) in [4.78, 5) is 0. The lowest BCUT2D eigenvalue weighted by atomic mass is 9.77. The van der Waals surface area contributed by atoms with E-state index < -0.39 is 6.10 Å². The van der Waals surface area contributed by atoms with Crippen LogP contribution in [0.5, 0.6) is 11.5 Å². The third kappa shape index (κ3) is 2.60. The summed E-state index contributed by atoms with van der Waals surface area (Å²) in [7, 11) is 0. The van der Waals surface area contributed by atoms with Crippen LogP contribution >= 0.6 is 0 Å². The molecule has 3 nitrogen and oxygen atoms in total. The second-order valence-corrected chi connectivity index (χ2v) is 7.58. The van der Waals surface area contributed by atoms with Gasteiger partial charge in [0.05, 0.1) is 6.10 Å². The zero-order valence-corrected chi connectivity index (χ0v) is 13.9. The molecular weight excluding hydrogens is 276 g/mol. The molecule has 1 saturated carbocycles. The standard InChI is InChI=1S/C19H28O3/c1-4-5-9-19(2,3)12-10-15(21)17-13-7-6-8-14(20)18(13)22-16(17)11-12/h10-11,13-14,18,20-21H,4-9H2,1-3H3. The number of fused-ring (bicyclic) bond motifs is 3. The maximum absolute atomic E-state index is 10.6. The molecule has 1 fully saturated rings. The van der Waals surface area contributed by atoms with Crippen molar-refractivity contribution in [2.45, 2.75) is 82.8 Å². The monoisotopic (exact) mass is 304 g/mol. The molecule has 0 radical (unpaired) electrons. The number of benzene rings is 1. The van der Waals surface area contributed by atoms with E-state index in [1.54, 1.807) is 0 Å². The van der Waals surface area contributed by atoms with E-state index in [0.717, 1.165) is 42.6 Å². The highest BCUT2D eigenvalue weighted by atomic mass is 16.5. The Bertz CT molecular complexity index is 550. The van der Waals surface area contributed by atoms with Gasteiger partial charge in [0.15, 0.2) is 0 Å². The molecule has 1 heterocycles. The van der Waals surface area contributed by atoms with Gasteiger partial charge in [-0.05, 0) is 48.8 Å². The Kier molecular flexibility index (Phi) is 4.11. The van der Waals surface area contributed by atoms with Crippen LogP contribution in [-0.4, -0.2) is 22.4 Å². The van der Waals surface area contributed by atoms with Crippen LogP contribution in [0.1, 0.15) is 76.3 Å². The van der Waals surface area contributed by atoms with Crippen LogP contribution in [-0.2, 0) is 5.41 Å². The predicted molar refractivity (Wildman–Crippen MR) is 87.7 cm³/mol. The van der Waals surface area contributed by atoms with Crippen molar-refractivity contribution in [3.63, 3.8) is 0 Å². The number of rotatable bonds is 4. The summed E-state index contributed by atoms with van der Waals surface area (Å²) in [5.41, 5.74) is 2.07. The molecule has 3 heteroatoms. The third-order valence-corrected chi connectivity index (χ3v) is 5.48. The van der Waals surface area contributed by atoms with Crippen LogP contribution in [0.2, 0.25) is 0 Å². The molecule has 22 heavy (non-hydrogen) atoms. The largest absolute Gasteiger partial charge is 0.508 e. The molecule has 0 bridgehead atoms. The van der Waals surface area contributed by atoms with E-state index in [-0.39, 0.29) is 17.4 Å². The SMILES string of the molecule is CCCCC(C)(C)c1cc(O)c2c(c1)OC1C(O)CCCC21. The van der Waals surface area contributed by atoms with Crippen molar-refractivity contribution in [2.75, 3.05) is 0 Å². The van der Waals surface area contributed by atoms with Crippen molar-refractivity contribution in [3.8, 4) is 11.5 Å². The van der Waals surface area contributed by atoms with Crippen LogP contribution in [0.15, 0.2) is 12.1 Å². The van der Waals surface area contributed by atoms with Crippen molar-refractivity contribution in [1.29, 1.82) is 0 Å². The molecule has 0 saturated heterocycles. The average molecular weight is 304 g/mol. The first-order chi connectivity index (χ1) is 10.4. The topological polar surface area (TPSA) is 49.7 Å². The van der Waals surface area contributed by atoms with Gasteiger partial charge in [0, 0.05) is 11.5 Å². The first-order valence-electron chi connectivity index (χ1n) is 8.66. The molecule has 3 unspecified atom stereocenters. The first kappa shape index (κ1) is 15.7. The Morgan fingerprint density at radius 2 is 2.05 bits per heavy atom. The van der Waals surface area contributed by atoms with Gasteiger partial charge in [0.1, 0.15) is 17.6 Å². The molecule has 3 atom stereocenters. The lowest BCUT2D eigenvalue weighted by Gasteiger charge is -2.29. The Hall–Kier alpha value is -1.22. The van der Waals surface area contributed by atoms with Gasteiger partial charge in [-0.15, -0.1) is 0 Å². The summed E-state index contributed by atoms with van der Waals surface area (Å²) < 4.78 is 6.03. The molecule has 122 valence electrons. The number of aliphatic hydroxyl groups is 1. The highest BCUT2D eigenvalue weighted by Gasteiger charge is 2.43. The Morgan fingerprint density at radius 3 is 2.77 bits per heavy atom. The minimum atomic E-state index is -0.415. The van der Waals surface area contributed by atoms with Crippen LogP contribution < -0.4 is 4.74 Å². The van der Waals surface area contributed by atoms with E-state index in [4.69, 9.17) is 4.74 Å². The summed E-state index contributed by atoms with van der Waals surface area (Å²) in [5.74, 6) is 1.28. The van der Waals surface area contributed by atoms with Crippen molar-refractivity contribution < 1.29 is 14.9 Å². The number of phenolic OH excluding ortho intramolecular Hbond substituents is 1. The third-order valence-electron chi connectivity index (χ3n) is 5.48. The van der Waals surface area contributed by atoms with Crippen LogP contribution in [0.3, 0.4) is 0 Å². The molecule has 1 aliphatic heterocycles. The summed E-state index contributed by atoms with van der Waals surface area (Å²) in [6.45, 7) is 6.65. The average Bonchev–Trinajstić information content (AvgIpc) is 2.86. The summed E-state index contributed by atoms with van der Waals surface area (Å²) in [6.07, 6.45) is 5.63. The zero-order valence-electron chi connectivity index (χ0n) is 13.9. The Labute approximate surface area is 133 Å². The first-order valence-corrected chi connectivity index (χ1v) is 8.66. The summed E-state index contributed by atoms with van der Waals surface area (Å²) in [6, 6.07) is 4.01. The number of unbranched alkanes of at least 4 members (excludes halogenated alkanes) is 1. The number of aromatic hydroxyl groups is 1. The fourth-order valence-electron chi connectivity index (χ4n) is 4.00. The lowest BCUT2D eigenvalue weighted by molar-refractivity contribution is 0.00919. The predicted octanol–water partition coefficient (Wildman–Crippen LogP) is 4.25. The maximum Gasteiger partial charge on any atom is 0.132 e. The van der Waals surface area contributed by atoms with Gasteiger partial charge in [0.2, 0.25) is 0 Å². The highest BCUT2D eigenvalue weighted by molar-refractivity contribution is 5.54. The molecule has 1 aromatic carbocycles. The number of hydrogen-bond donors (Lipinski definition) is 2. The number of aliphatic hydroxyl groups excluding tert-OH is 1. The van der Waals surface area contributed by atoms with E-state index in [0.29, 0.717) is 5.75 Å². The quantitative estimate of drug-likeness (QED) is 0.874. The van der Waals surface area contributed by atoms with Crippen LogP contribution in [0, 0.1) is 0 Å². The van der Waals surface area contributed by atoms with Crippen molar-refractivity contribution >= 4 is 0 Å². The van der Waals surface area contributed by atoms with Gasteiger partial charge < -0.3 is 14.9 Å². The summed E-state index contributed by atoms with van der Waals surface area (Å²) in [5, 5.41) is 20.7. The molecule has 2 aliphatic rings. The maximum atomic E-state index is 10.6. The highest BCUT2D eigenvalue weighted by Crippen LogP contribution is 2.51. The molecule has 1 aromatic rings. The molecule has 0 aromatic heterocycles. The van der Waals surface area contributed by atoms with Crippen molar-refractivity contribution in [2.24, 2.45) is 0 Å². The van der Waals surface area contributed by atoms with Crippen LogP contribution in [0.4, 0.5) is 0 Å². The van der Waals surface area contributed by atoms with Gasteiger partial charge in [-0.2, -0.15) is 0 Å². The van der Waals surface area contributed by atoms with Crippen molar-refractivity contribution in [3.05, 3.63) is 23.3 Å². The van der Waals surface area contributed by atoms with E-state index in [9.17, 15) is 10.2 Å². The molecule has 0 amide bonds. The smallest absolute Gasteiger partial charge is 0.132 e. The van der Waals surface area contributed by atoms with E-state index >= 15 is 0 Å². The van der Waals surface area contributed by atoms with Gasteiger partial charge in [-0.1, -0.05) is 33.6 Å². The minimum absolute atomic E-state index is 0.0261. The van der Waals surface area contributed by atoms with Gasteiger partial charge >= 0.3 is 0 Å². The van der Waals surface area contributed by atoms with E-state index in [1.807, 2.05) is 6.07 Å². The number of ether oxygens (including phenoxy) is 1. The van der Waals surface area contributed by atoms with Crippen molar-refractivity contribution in [1.82, 2.24) is 0 Å². The normalized spacial score (nSPS) is 27.2. The van der Waals surface area contributed by atoms with E-state index in [2.05, 4.69) is 26.8 Å². The molecule has 1 aliphatic carbocycles. The lowest BCUT2D eigenvalue weighted by Crippen LogP contribution is -2.36. The van der Waals surface area contributed by atoms with Gasteiger partial charge in [0.25, 0.3) is 0 Å². The Morgan fingerprint density at radius 1 is 1.27 bits per heavy atom. The molecule has 0 spiro atoms. The van der Waals surface area contributed by atoms with Crippen LogP contribution in [0.25, 0.3) is 0 Å². The molecular formula is C19H28O3. The second kappa shape index (κ2) is 5.77. The van der Waals surface area contributed by atoms with E-state index in [1.165, 1.54) is 12.8 Å². The number of hydrogen-bond acceptors (Lipinski definition) is 3. The van der Waals surface area contributed by atoms with Gasteiger partial charge in [-0.25, -0.2) is 0 Å². The molecule has 3 rings (SSSR count). The van der Waals surface area contributed by atoms with Gasteiger partial charge in [-0.3, -0.25) is 0 Å². The number of phenols is 1.